The summed E-state index contributed by atoms with van der Waals surface area (Å²) in [7, 11) is 0. The zero-order chi connectivity index (χ0) is 13.9. The molecular weight excluding hydrogens is 254 g/mol. The smallest absolute Gasteiger partial charge is 0.0617 e. The number of hydrogen-bond donors (Lipinski definition) is 0. The Labute approximate surface area is 121 Å². The molecular formula is C17H22ClN. The first-order valence-electron chi connectivity index (χ1n) is 6.98. The van der Waals surface area contributed by atoms with Crippen molar-refractivity contribution in [3.63, 3.8) is 0 Å². The number of benzene rings is 1. The SMILES string of the molecule is CC(C)C1=CCC(C)(N=Cc2ccc(Cl)cc2)CC1. The lowest BCUT2D eigenvalue weighted by Gasteiger charge is -2.30. The van der Waals surface area contributed by atoms with Gasteiger partial charge in [-0.1, -0.05) is 49.2 Å². The molecule has 0 aliphatic heterocycles. The van der Waals surface area contributed by atoms with Crippen LogP contribution in [0.1, 0.15) is 45.6 Å². The second-order valence-electron chi connectivity index (χ2n) is 5.94. The molecule has 1 unspecified atom stereocenters. The molecule has 1 aliphatic carbocycles. The van der Waals surface area contributed by atoms with E-state index < -0.39 is 0 Å². The first-order valence-corrected chi connectivity index (χ1v) is 7.36. The van der Waals surface area contributed by atoms with Crippen LogP contribution in [-0.4, -0.2) is 11.8 Å². The summed E-state index contributed by atoms with van der Waals surface area (Å²) in [6.07, 6.45) is 7.72. The second kappa shape index (κ2) is 5.92. The summed E-state index contributed by atoms with van der Waals surface area (Å²) in [6, 6.07) is 7.83. The van der Waals surface area contributed by atoms with Crippen LogP contribution in [0.3, 0.4) is 0 Å². The van der Waals surface area contributed by atoms with Crippen molar-refractivity contribution >= 4 is 17.8 Å². The zero-order valence-electron chi connectivity index (χ0n) is 12.0. The molecule has 102 valence electrons. The van der Waals surface area contributed by atoms with Gasteiger partial charge in [0.2, 0.25) is 0 Å². The van der Waals surface area contributed by atoms with Crippen LogP contribution >= 0.6 is 11.6 Å². The molecule has 0 radical (unpaired) electrons. The number of nitrogens with zero attached hydrogens (tertiary/aromatic N) is 1. The Morgan fingerprint density at radius 2 is 1.95 bits per heavy atom. The van der Waals surface area contributed by atoms with Crippen molar-refractivity contribution in [3.05, 3.63) is 46.5 Å². The number of allylic oxidation sites excluding steroid dienone is 1. The Hall–Kier alpha value is -1.08. The molecule has 1 aromatic carbocycles. The molecule has 0 amide bonds. The third-order valence-corrected chi connectivity index (χ3v) is 4.15. The summed E-state index contributed by atoms with van der Waals surface area (Å²) in [6.45, 7) is 6.78. The minimum atomic E-state index is 0.0536. The lowest BCUT2D eigenvalue weighted by Crippen LogP contribution is -2.25. The van der Waals surface area contributed by atoms with Gasteiger partial charge < -0.3 is 0 Å². The van der Waals surface area contributed by atoms with Crippen molar-refractivity contribution in [2.24, 2.45) is 10.9 Å². The molecule has 0 aromatic heterocycles. The van der Waals surface area contributed by atoms with E-state index in [9.17, 15) is 0 Å². The van der Waals surface area contributed by atoms with E-state index in [0.717, 1.165) is 23.4 Å². The lowest BCUT2D eigenvalue weighted by molar-refractivity contribution is 0.411. The van der Waals surface area contributed by atoms with E-state index in [4.69, 9.17) is 16.6 Å². The van der Waals surface area contributed by atoms with Crippen LogP contribution in [0.5, 0.6) is 0 Å². The molecule has 0 saturated carbocycles. The fourth-order valence-electron chi connectivity index (χ4n) is 2.39. The maximum Gasteiger partial charge on any atom is 0.0617 e. The van der Waals surface area contributed by atoms with Gasteiger partial charge in [0.1, 0.15) is 0 Å². The number of aliphatic imine (C=N–C) groups is 1. The minimum Gasteiger partial charge on any atom is -0.286 e. The molecule has 0 bridgehead atoms. The summed E-state index contributed by atoms with van der Waals surface area (Å²) in [5.74, 6) is 0.671. The maximum atomic E-state index is 5.88. The molecule has 2 rings (SSSR count). The molecule has 0 saturated heterocycles. The molecule has 19 heavy (non-hydrogen) atoms. The van der Waals surface area contributed by atoms with Crippen molar-refractivity contribution < 1.29 is 0 Å². The highest BCUT2D eigenvalue weighted by Crippen LogP contribution is 2.33. The molecule has 0 N–H and O–H groups in total. The van der Waals surface area contributed by atoms with Crippen molar-refractivity contribution in [3.8, 4) is 0 Å². The third kappa shape index (κ3) is 3.94. The van der Waals surface area contributed by atoms with Crippen molar-refractivity contribution in [1.29, 1.82) is 0 Å². The molecule has 1 atom stereocenters. The van der Waals surface area contributed by atoms with Crippen LogP contribution in [0, 0.1) is 5.92 Å². The Kier molecular flexibility index (Phi) is 4.46. The molecule has 1 aromatic rings. The van der Waals surface area contributed by atoms with E-state index in [0.29, 0.717) is 5.92 Å². The van der Waals surface area contributed by atoms with Crippen LogP contribution in [-0.2, 0) is 0 Å². The van der Waals surface area contributed by atoms with E-state index in [-0.39, 0.29) is 5.54 Å². The minimum absolute atomic E-state index is 0.0536. The summed E-state index contributed by atoms with van der Waals surface area (Å²) >= 11 is 5.88. The number of halogens is 1. The van der Waals surface area contributed by atoms with E-state index >= 15 is 0 Å². The van der Waals surface area contributed by atoms with Gasteiger partial charge in [0, 0.05) is 11.2 Å². The van der Waals surface area contributed by atoms with E-state index in [1.807, 2.05) is 30.5 Å². The van der Waals surface area contributed by atoms with Gasteiger partial charge in [0.05, 0.1) is 5.54 Å². The van der Waals surface area contributed by atoms with Crippen LogP contribution < -0.4 is 0 Å². The lowest BCUT2D eigenvalue weighted by atomic mass is 9.81. The maximum absolute atomic E-state index is 5.88. The Morgan fingerprint density at radius 1 is 1.26 bits per heavy atom. The normalized spacial score (nSPS) is 23.9. The average molecular weight is 276 g/mol. The third-order valence-electron chi connectivity index (χ3n) is 3.89. The van der Waals surface area contributed by atoms with Gasteiger partial charge in [-0.05, 0) is 49.8 Å². The number of rotatable bonds is 3. The molecule has 2 heteroatoms. The Balaban J connectivity index is 2.05. The summed E-state index contributed by atoms with van der Waals surface area (Å²) in [4.78, 5) is 4.80. The first-order chi connectivity index (χ1) is 8.98. The summed E-state index contributed by atoms with van der Waals surface area (Å²) in [5.41, 5.74) is 2.75. The highest BCUT2D eigenvalue weighted by Gasteiger charge is 2.26. The van der Waals surface area contributed by atoms with Gasteiger partial charge in [-0.25, -0.2) is 0 Å². The number of hydrogen-bond acceptors (Lipinski definition) is 1. The first kappa shape index (κ1) is 14.3. The van der Waals surface area contributed by atoms with Crippen LogP contribution in [0.2, 0.25) is 5.02 Å². The van der Waals surface area contributed by atoms with E-state index in [1.54, 1.807) is 5.57 Å². The van der Waals surface area contributed by atoms with Gasteiger partial charge in [-0.15, -0.1) is 0 Å². The summed E-state index contributed by atoms with van der Waals surface area (Å²) < 4.78 is 0. The van der Waals surface area contributed by atoms with Crippen LogP contribution in [0.15, 0.2) is 40.9 Å². The van der Waals surface area contributed by atoms with Gasteiger partial charge in [-0.3, -0.25) is 4.99 Å². The van der Waals surface area contributed by atoms with Crippen molar-refractivity contribution in [2.45, 2.75) is 45.6 Å². The summed E-state index contributed by atoms with van der Waals surface area (Å²) in [5, 5.41) is 0.769. The second-order valence-corrected chi connectivity index (χ2v) is 6.38. The van der Waals surface area contributed by atoms with E-state index in [2.05, 4.69) is 26.8 Å². The highest BCUT2D eigenvalue weighted by molar-refractivity contribution is 6.30. The van der Waals surface area contributed by atoms with E-state index in [1.165, 1.54) is 6.42 Å². The highest BCUT2D eigenvalue weighted by atomic mass is 35.5. The van der Waals surface area contributed by atoms with Gasteiger partial charge >= 0.3 is 0 Å². The molecule has 1 aliphatic rings. The fraction of sp³-hybridized carbons (Fsp3) is 0.471. The Bertz CT molecular complexity index is 484. The van der Waals surface area contributed by atoms with Crippen LogP contribution in [0.4, 0.5) is 0 Å². The van der Waals surface area contributed by atoms with Gasteiger partial charge in [-0.2, -0.15) is 0 Å². The largest absolute Gasteiger partial charge is 0.286 e. The molecule has 0 heterocycles. The van der Waals surface area contributed by atoms with Gasteiger partial charge in [0.15, 0.2) is 0 Å². The topological polar surface area (TPSA) is 12.4 Å². The van der Waals surface area contributed by atoms with Gasteiger partial charge in [0.25, 0.3) is 0 Å². The standard InChI is InChI=1S/C17H22ClN/c1-13(2)15-8-10-17(3,11-9-15)19-12-14-4-6-16(18)7-5-14/h4-8,12-13H,9-11H2,1-3H3. The molecule has 0 spiro atoms. The van der Waals surface area contributed by atoms with Crippen LogP contribution in [0.25, 0.3) is 0 Å². The van der Waals surface area contributed by atoms with Crippen molar-refractivity contribution in [2.75, 3.05) is 0 Å². The van der Waals surface area contributed by atoms with Crippen molar-refractivity contribution in [1.82, 2.24) is 0 Å². The predicted octanol–water partition coefficient (Wildman–Crippen LogP) is 5.28. The molecule has 1 nitrogen and oxygen atoms in total. The predicted molar refractivity (Wildman–Crippen MR) is 84.2 cm³/mol. The fourth-order valence-corrected chi connectivity index (χ4v) is 2.52. The zero-order valence-corrected chi connectivity index (χ0v) is 12.7. The quantitative estimate of drug-likeness (QED) is 0.525. The molecule has 0 fully saturated rings. The Morgan fingerprint density at radius 3 is 2.47 bits per heavy atom. The monoisotopic (exact) mass is 275 g/mol. The average Bonchev–Trinajstić information content (AvgIpc) is 2.39.